The number of ketones is 1. The van der Waals surface area contributed by atoms with Gasteiger partial charge in [-0.05, 0) is 6.07 Å². The molecule has 0 aliphatic rings. The van der Waals surface area contributed by atoms with Gasteiger partial charge in [0, 0.05) is 11.1 Å². The molecular weight excluding hydrogens is 264 g/mol. The number of hydrogen-bond donors (Lipinski definition) is 0. The Labute approximate surface area is 121 Å². The molecular formula is C18H12O3. The lowest BCUT2D eigenvalue weighted by molar-refractivity contribution is 0.103. The minimum Gasteiger partial charge on any atom is -0.452 e. The lowest BCUT2D eigenvalue weighted by Crippen LogP contribution is -2.01. The zero-order chi connectivity index (χ0) is 14.7. The Bertz CT molecular complexity index is 771. The minimum atomic E-state index is -0.161. The Balaban J connectivity index is 2.12. The van der Waals surface area contributed by atoms with Gasteiger partial charge in [0.1, 0.15) is 5.76 Å². The van der Waals surface area contributed by atoms with Crippen molar-refractivity contribution in [3.8, 4) is 11.3 Å². The molecule has 21 heavy (non-hydrogen) atoms. The third-order valence-corrected chi connectivity index (χ3v) is 3.18. The van der Waals surface area contributed by atoms with Gasteiger partial charge in [-0.25, -0.2) is 0 Å². The van der Waals surface area contributed by atoms with Crippen molar-refractivity contribution in [1.82, 2.24) is 0 Å². The van der Waals surface area contributed by atoms with Crippen LogP contribution in [0.1, 0.15) is 26.5 Å². The molecule has 0 N–H and O–H groups in total. The second kappa shape index (κ2) is 5.59. The van der Waals surface area contributed by atoms with E-state index in [-0.39, 0.29) is 11.5 Å². The normalized spacial score (nSPS) is 10.3. The van der Waals surface area contributed by atoms with Gasteiger partial charge < -0.3 is 4.42 Å². The summed E-state index contributed by atoms with van der Waals surface area (Å²) in [5.74, 6) is 0.408. The van der Waals surface area contributed by atoms with Crippen molar-refractivity contribution in [2.24, 2.45) is 0 Å². The topological polar surface area (TPSA) is 47.3 Å². The van der Waals surface area contributed by atoms with Crippen LogP contribution in [-0.4, -0.2) is 12.1 Å². The lowest BCUT2D eigenvalue weighted by atomic mass is 10.0. The SMILES string of the molecule is O=Cc1cc(C(=O)c2ccccc2)c(-c2ccccc2)o1. The molecule has 102 valence electrons. The molecule has 0 saturated carbocycles. The van der Waals surface area contributed by atoms with E-state index < -0.39 is 0 Å². The van der Waals surface area contributed by atoms with Crippen molar-refractivity contribution in [1.29, 1.82) is 0 Å². The van der Waals surface area contributed by atoms with E-state index >= 15 is 0 Å². The number of furan rings is 1. The summed E-state index contributed by atoms with van der Waals surface area (Å²) in [5.41, 5.74) is 1.73. The Morgan fingerprint density at radius 1 is 0.905 bits per heavy atom. The Morgan fingerprint density at radius 3 is 2.14 bits per heavy atom. The number of hydrogen-bond acceptors (Lipinski definition) is 3. The van der Waals surface area contributed by atoms with E-state index in [0.29, 0.717) is 23.2 Å². The maximum absolute atomic E-state index is 12.6. The molecule has 3 heteroatoms. The van der Waals surface area contributed by atoms with Crippen LogP contribution in [0.4, 0.5) is 0 Å². The molecule has 1 aromatic heterocycles. The number of rotatable bonds is 4. The van der Waals surface area contributed by atoms with Crippen LogP contribution >= 0.6 is 0 Å². The molecule has 3 rings (SSSR count). The summed E-state index contributed by atoms with van der Waals surface area (Å²) in [6.45, 7) is 0. The largest absolute Gasteiger partial charge is 0.452 e. The van der Waals surface area contributed by atoms with Gasteiger partial charge in [-0.1, -0.05) is 60.7 Å². The first kappa shape index (κ1) is 13.1. The lowest BCUT2D eigenvalue weighted by Gasteiger charge is -2.02. The van der Waals surface area contributed by atoms with Crippen LogP contribution in [0.3, 0.4) is 0 Å². The molecule has 0 aliphatic carbocycles. The highest BCUT2D eigenvalue weighted by Crippen LogP contribution is 2.28. The van der Waals surface area contributed by atoms with Gasteiger partial charge in [0.15, 0.2) is 17.8 Å². The average molecular weight is 276 g/mol. The van der Waals surface area contributed by atoms with Gasteiger partial charge in [0.2, 0.25) is 0 Å². The molecule has 0 unspecified atom stereocenters. The molecule has 0 fully saturated rings. The van der Waals surface area contributed by atoms with Crippen LogP contribution in [0.15, 0.2) is 71.1 Å². The van der Waals surface area contributed by atoms with Crippen molar-refractivity contribution >= 4 is 12.1 Å². The summed E-state index contributed by atoms with van der Waals surface area (Å²) < 4.78 is 5.50. The molecule has 0 saturated heterocycles. The first-order valence-corrected chi connectivity index (χ1v) is 6.54. The van der Waals surface area contributed by atoms with E-state index in [2.05, 4.69) is 0 Å². The summed E-state index contributed by atoms with van der Waals surface area (Å²) in [6.07, 6.45) is 0.605. The van der Waals surface area contributed by atoms with Gasteiger partial charge in [0.05, 0.1) is 5.56 Å². The zero-order valence-corrected chi connectivity index (χ0v) is 11.2. The van der Waals surface area contributed by atoms with Crippen LogP contribution < -0.4 is 0 Å². The number of aldehydes is 1. The monoisotopic (exact) mass is 276 g/mol. The van der Waals surface area contributed by atoms with Crippen molar-refractivity contribution in [3.05, 3.63) is 83.6 Å². The maximum Gasteiger partial charge on any atom is 0.196 e. The van der Waals surface area contributed by atoms with Crippen LogP contribution in [0, 0.1) is 0 Å². The third kappa shape index (κ3) is 2.54. The van der Waals surface area contributed by atoms with Crippen molar-refractivity contribution in [2.75, 3.05) is 0 Å². The fourth-order valence-corrected chi connectivity index (χ4v) is 2.19. The Morgan fingerprint density at radius 2 is 1.52 bits per heavy atom. The number of carbonyl (C=O) groups is 2. The fourth-order valence-electron chi connectivity index (χ4n) is 2.19. The van der Waals surface area contributed by atoms with Crippen molar-refractivity contribution < 1.29 is 14.0 Å². The van der Waals surface area contributed by atoms with Gasteiger partial charge in [-0.2, -0.15) is 0 Å². The van der Waals surface area contributed by atoms with E-state index in [1.54, 1.807) is 24.3 Å². The molecule has 3 nitrogen and oxygen atoms in total. The molecule has 0 bridgehead atoms. The summed E-state index contributed by atoms with van der Waals surface area (Å²) >= 11 is 0. The predicted octanol–water partition coefficient (Wildman–Crippen LogP) is 3.99. The zero-order valence-electron chi connectivity index (χ0n) is 11.2. The smallest absolute Gasteiger partial charge is 0.196 e. The average Bonchev–Trinajstić information content (AvgIpc) is 3.00. The maximum atomic E-state index is 12.6. The number of carbonyl (C=O) groups excluding carboxylic acids is 2. The first-order chi connectivity index (χ1) is 10.3. The highest BCUT2D eigenvalue weighted by molar-refractivity contribution is 6.12. The second-order valence-corrected chi connectivity index (χ2v) is 4.57. The van der Waals surface area contributed by atoms with E-state index in [9.17, 15) is 9.59 Å². The van der Waals surface area contributed by atoms with Crippen LogP contribution in [0.5, 0.6) is 0 Å². The first-order valence-electron chi connectivity index (χ1n) is 6.54. The van der Waals surface area contributed by atoms with E-state index in [1.807, 2.05) is 36.4 Å². The number of benzene rings is 2. The van der Waals surface area contributed by atoms with Crippen LogP contribution in [0.2, 0.25) is 0 Å². The van der Waals surface area contributed by atoms with Gasteiger partial charge in [-0.3, -0.25) is 9.59 Å². The quantitative estimate of drug-likeness (QED) is 0.534. The van der Waals surface area contributed by atoms with Crippen LogP contribution in [-0.2, 0) is 0 Å². The fraction of sp³-hybridized carbons (Fsp3) is 0. The summed E-state index contributed by atoms with van der Waals surface area (Å²) in [5, 5.41) is 0. The highest BCUT2D eigenvalue weighted by atomic mass is 16.3. The third-order valence-electron chi connectivity index (χ3n) is 3.18. The molecule has 0 radical (unpaired) electrons. The van der Waals surface area contributed by atoms with E-state index in [1.165, 1.54) is 6.07 Å². The summed E-state index contributed by atoms with van der Waals surface area (Å²) in [4.78, 5) is 23.6. The minimum absolute atomic E-state index is 0.146. The summed E-state index contributed by atoms with van der Waals surface area (Å²) in [7, 11) is 0. The molecule has 0 amide bonds. The molecule has 1 heterocycles. The van der Waals surface area contributed by atoms with Gasteiger partial charge in [0.25, 0.3) is 0 Å². The molecule has 0 spiro atoms. The van der Waals surface area contributed by atoms with E-state index in [4.69, 9.17) is 4.42 Å². The Kier molecular flexibility index (Phi) is 3.48. The van der Waals surface area contributed by atoms with Crippen molar-refractivity contribution in [3.63, 3.8) is 0 Å². The molecule has 0 aliphatic heterocycles. The Hall–Kier alpha value is -2.94. The highest BCUT2D eigenvalue weighted by Gasteiger charge is 2.20. The summed E-state index contributed by atoms with van der Waals surface area (Å²) in [6, 6.07) is 19.7. The van der Waals surface area contributed by atoms with Gasteiger partial charge in [-0.15, -0.1) is 0 Å². The van der Waals surface area contributed by atoms with Crippen LogP contribution in [0.25, 0.3) is 11.3 Å². The molecule has 2 aromatic carbocycles. The molecule has 3 aromatic rings. The standard InChI is InChI=1S/C18H12O3/c19-12-15-11-16(17(20)13-7-3-1-4-8-13)18(21-15)14-9-5-2-6-10-14/h1-12H. The van der Waals surface area contributed by atoms with E-state index in [0.717, 1.165) is 5.56 Å². The predicted molar refractivity (Wildman–Crippen MR) is 79.4 cm³/mol. The van der Waals surface area contributed by atoms with Gasteiger partial charge >= 0.3 is 0 Å². The second-order valence-electron chi connectivity index (χ2n) is 4.57. The molecule has 0 atom stereocenters. The van der Waals surface area contributed by atoms with Crippen molar-refractivity contribution in [2.45, 2.75) is 0 Å².